The Bertz CT molecular complexity index is 1090. The third kappa shape index (κ3) is 5.14. The van der Waals surface area contributed by atoms with E-state index in [1.807, 2.05) is 54.6 Å². The summed E-state index contributed by atoms with van der Waals surface area (Å²) in [5.41, 5.74) is 1.96. The number of amides is 1. The number of ether oxygens (including phenoxy) is 1. The van der Waals surface area contributed by atoms with Gasteiger partial charge in [-0.05, 0) is 11.6 Å². The van der Waals surface area contributed by atoms with Crippen molar-refractivity contribution >= 4 is 28.7 Å². The molecule has 0 aliphatic carbocycles. The lowest BCUT2D eigenvalue weighted by molar-refractivity contribution is -0.930. The van der Waals surface area contributed by atoms with E-state index in [-0.39, 0.29) is 18.2 Å². The molecule has 0 bridgehead atoms. The van der Waals surface area contributed by atoms with Gasteiger partial charge in [0.05, 0.1) is 24.9 Å². The van der Waals surface area contributed by atoms with Crippen molar-refractivity contribution in [3.05, 3.63) is 60.2 Å². The summed E-state index contributed by atoms with van der Waals surface area (Å²) in [7, 11) is 0. The number of aromatic hydroxyl groups is 1. The number of hydrogen-bond donors (Lipinski definition) is 2. The van der Waals surface area contributed by atoms with Crippen LogP contribution in [0.1, 0.15) is 5.56 Å². The van der Waals surface area contributed by atoms with Crippen molar-refractivity contribution in [2.75, 3.05) is 32.9 Å². The molecule has 0 spiro atoms. The zero-order valence-corrected chi connectivity index (χ0v) is 17.0. The number of hydrogen-bond acceptors (Lipinski definition) is 6. The van der Waals surface area contributed by atoms with Gasteiger partial charge in [0.1, 0.15) is 13.1 Å². The van der Waals surface area contributed by atoms with Crippen LogP contribution in [0, 0.1) is 0 Å². The minimum absolute atomic E-state index is 0.0141. The Hall–Kier alpha value is -3.56. The number of quaternary nitrogens is 1. The summed E-state index contributed by atoms with van der Waals surface area (Å²) in [5, 5.41) is 23.0. The molecule has 1 saturated heterocycles. The van der Waals surface area contributed by atoms with Crippen LogP contribution in [0.3, 0.4) is 0 Å². The average Bonchev–Trinajstić information content (AvgIpc) is 3.07. The van der Waals surface area contributed by atoms with Gasteiger partial charge in [-0.1, -0.05) is 53.7 Å². The molecule has 4 rings (SSSR count). The van der Waals surface area contributed by atoms with Crippen molar-refractivity contribution in [1.82, 2.24) is 4.57 Å². The van der Waals surface area contributed by atoms with Crippen molar-refractivity contribution in [3.8, 4) is 5.88 Å². The number of nitrogens with zero attached hydrogens (tertiary/aromatic N) is 4. The molecule has 160 valence electrons. The molecule has 0 saturated carbocycles. The number of benzene rings is 2. The van der Waals surface area contributed by atoms with Crippen molar-refractivity contribution in [2.45, 2.75) is 6.67 Å². The molecule has 0 unspecified atom stereocenters. The van der Waals surface area contributed by atoms with Crippen LogP contribution < -0.4 is 4.90 Å². The van der Waals surface area contributed by atoms with E-state index >= 15 is 0 Å². The topological polar surface area (TPSA) is 102 Å². The molecule has 0 atom stereocenters. The van der Waals surface area contributed by atoms with Crippen molar-refractivity contribution in [3.63, 3.8) is 0 Å². The van der Waals surface area contributed by atoms with Gasteiger partial charge >= 0.3 is 5.91 Å². The lowest BCUT2D eigenvalue weighted by atomic mass is 10.2. The van der Waals surface area contributed by atoms with Gasteiger partial charge in [0.2, 0.25) is 5.88 Å². The number of para-hydroxylation sites is 1. The minimum Gasteiger partial charge on any atom is -0.493 e. The number of oxime groups is 1. The minimum atomic E-state index is -0.597. The molecule has 0 radical (unpaired) electrons. The van der Waals surface area contributed by atoms with Crippen LogP contribution in [0.15, 0.2) is 70.0 Å². The number of azo groups is 1. The highest BCUT2D eigenvalue weighted by atomic mass is 16.6. The van der Waals surface area contributed by atoms with Crippen LogP contribution in [-0.2, 0) is 21.0 Å². The molecule has 2 heterocycles. The lowest BCUT2D eigenvalue weighted by Crippen LogP contribution is -3.13. The Kier molecular flexibility index (Phi) is 6.65. The molecule has 2 aromatic carbocycles. The molecule has 9 nitrogen and oxygen atoms in total. The zero-order valence-electron chi connectivity index (χ0n) is 17.0. The van der Waals surface area contributed by atoms with Gasteiger partial charge in [-0.15, -0.1) is 10.2 Å². The maximum Gasteiger partial charge on any atom is 0.304 e. The van der Waals surface area contributed by atoms with Gasteiger partial charge in [-0.25, -0.2) is 0 Å². The van der Waals surface area contributed by atoms with E-state index < -0.39 is 5.91 Å². The smallest absolute Gasteiger partial charge is 0.304 e. The van der Waals surface area contributed by atoms with E-state index in [4.69, 9.17) is 9.57 Å². The number of nitrogens with one attached hydrogen (secondary N) is 1. The molecule has 1 aromatic heterocycles. The summed E-state index contributed by atoms with van der Waals surface area (Å²) >= 11 is 0. The number of carbonyl (C=O) groups is 1. The third-order valence-corrected chi connectivity index (χ3v) is 5.02. The van der Waals surface area contributed by atoms with E-state index in [0.29, 0.717) is 19.9 Å². The van der Waals surface area contributed by atoms with Crippen LogP contribution in [-0.4, -0.2) is 54.7 Å². The number of carbonyl (C=O) groups excluding carboxylic acids is 1. The Morgan fingerprint density at radius 1 is 1.13 bits per heavy atom. The van der Waals surface area contributed by atoms with Crippen molar-refractivity contribution in [2.24, 2.45) is 15.4 Å². The quantitative estimate of drug-likeness (QED) is 0.345. The fraction of sp³-hybridized carbons (Fsp3) is 0.273. The summed E-state index contributed by atoms with van der Waals surface area (Å²) in [5.74, 6) is -0.611. The number of morpholine rings is 1. The van der Waals surface area contributed by atoms with E-state index in [9.17, 15) is 9.90 Å². The van der Waals surface area contributed by atoms with Gasteiger partial charge in [0.25, 0.3) is 0 Å². The van der Waals surface area contributed by atoms with Crippen LogP contribution in [0.25, 0.3) is 10.9 Å². The maximum absolute atomic E-state index is 12.0. The largest absolute Gasteiger partial charge is 0.493 e. The molecule has 3 aromatic rings. The first-order chi connectivity index (χ1) is 15.2. The first kappa shape index (κ1) is 20.7. The monoisotopic (exact) mass is 422 g/mol. The number of rotatable bonds is 7. The molecule has 2 N–H and O–H groups in total. The van der Waals surface area contributed by atoms with E-state index in [2.05, 4.69) is 15.4 Å². The van der Waals surface area contributed by atoms with E-state index in [1.165, 1.54) is 11.1 Å². The molecule has 1 aliphatic heterocycles. The average molecular weight is 422 g/mol. The van der Waals surface area contributed by atoms with E-state index in [1.54, 1.807) is 4.57 Å². The third-order valence-electron chi connectivity index (χ3n) is 5.02. The normalized spacial score (nSPS) is 15.2. The van der Waals surface area contributed by atoms with Gasteiger partial charge in [-0.3, -0.25) is 9.36 Å². The molecule has 1 amide bonds. The zero-order chi connectivity index (χ0) is 21.5. The van der Waals surface area contributed by atoms with E-state index in [0.717, 1.165) is 29.6 Å². The number of fused-ring (bicyclic) bond motifs is 1. The second kappa shape index (κ2) is 9.96. The molecular weight excluding hydrogens is 398 g/mol. The second-order valence-corrected chi connectivity index (χ2v) is 7.15. The van der Waals surface area contributed by atoms with Crippen LogP contribution in [0.4, 0.5) is 5.69 Å². The molecular formula is C22H24N5O4+. The summed E-state index contributed by atoms with van der Waals surface area (Å²) in [6.45, 7) is 3.36. The Labute approximate surface area is 179 Å². The Balaban J connectivity index is 1.44. The van der Waals surface area contributed by atoms with Gasteiger partial charge in [0, 0.05) is 5.39 Å². The summed E-state index contributed by atoms with van der Waals surface area (Å²) < 4.78 is 7.21. The molecule has 1 aliphatic rings. The highest BCUT2D eigenvalue weighted by Gasteiger charge is 2.21. The molecule has 1 fully saturated rings. The SMILES string of the molecule is O=C(CO/N=C\c1ccccc1)N=Nc1c(O)n(C[NH+]2CCOCC2)c2ccccc12. The highest BCUT2D eigenvalue weighted by molar-refractivity contribution is 5.95. The first-order valence-corrected chi connectivity index (χ1v) is 10.1. The van der Waals surface area contributed by atoms with Gasteiger partial charge < -0.3 is 19.6 Å². The Morgan fingerprint density at radius 2 is 1.87 bits per heavy atom. The molecule has 9 heteroatoms. The molecule has 31 heavy (non-hydrogen) atoms. The summed E-state index contributed by atoms with van der Waals surface area (Å²) in [6, 6.07) is 16.9. The van der Waals surface area contributed by atoms with Gasteiger partial charge in [0.15, 0.2) is 19.0 Å². The summed E-state index contributed by atoms with van der Waals surface area (Å²) in [6.07, 6.45) is 1.51. The van der Waals surface area contributed by atoms with Crippen molar-refractivity contribution in [1.29, 1.82) is 0 Å². The standard InChI is InChI=1S/C22H23N5O4/c28-20(15-31-23-14-17-6-2-1-3-7-17)24-25-21-18-8-4-5-9-19(18)27(22(21)29)16-26-10-12-30-13-11-26/h1-9,14,29H,10-13,15-16H2/p+1/b23-14-,25-24?. The fourth-order valence-corrected chi connectivity index (χ4v) is 3.44. The van der Waals surface area contributed by atoms with Crippen molar-refractivity contribution < 1.29 is 24.4 Å². The summed E-state index contributed by atoms with van der Waals surface area (Å²) in [4.78, 5) is 18.3. The highest BCUT2D eigenvalue weighted by Crippen LogP contribution is 2.38. The Morgan fingerprint density at radius 3 is 2.68 bits per heavy atom. The lowest BCUT2D eigenvalue weighted by Gasteiger charge is -2.24. The first-order valence-electron chi connectivity index (χ1n) is 10.1. The van der Waals surface area contributed by atoms with Gasteiger partial charge in [-0.2, -0.15) is 0 Å². The fourth-order valence-electron chi connectivity index (χ4n) is 3.44. The predicted molar refractivity (Wildman–Crippen MR) is 115 cm³/mol. The number of aromatic nitrogens is 1. The van der Waals surface area contributed by atoms with Crippen LogP contribution in [0.5, 0.6) is 5.88 Å². The predicted octanol–water partition coefficient (Wildman–Crippen LogP) is 1.88. The van der Waals surface area contributed by atoms with Crippen LogP contribution in [0.2, 0.25) is 0 Å². The maximum atomic E-state index is 12.0. The second-order valence-electron chi connectivity index (χ2n) is 7.15. The van der Waals surface area contributed by atoms with Crippen LogP contribution >= 0.6 is 0 Å².